The van der Waals surface area contributed by atoms with Crippen molar-refractivity contribution in [3.8, 4) is 0 Å². The van der Waals surface area contributed by atoms with E-state index in [-0.39, 0.29) is 5.60 Å². The Balaban J connectivity index is 2.60. The van der Waals surface area contributed by atoms with Crippen molar-refractivity contribution in [3.63, 3.8) is 0 Å². The van der Waals surface area contributed by atoms with Crippen molar-refractivity contribution in [1.29, 1.82) is 0 Å². The number of hydrogen-bond donors (Lipinski definition) is 0. The van der Waals surface area contributed by atoms with Gasteiger partial charge >= 0.3 is 0 Å². The van der Waals surface area contributed by atoms with Crippen LogP contribution >= 0.6 is 11.6 Å². The summed E-state index contributed by atoms with van der Waals surface area (Å²) in [5.41, 5.74) is 2.74. The van der Waals surface area contributed by atoms with E-state index in [2.05, 4.69) is 30.4 Å². The molecule has 0 N–H and O–H groups in total. The van der Waals surface area contributed by atoms with Gasteiger partial charge in [0, 0.05) is 26.0 Å². The van der Waals surface area contributed by atoms with Gasteiger partial charge < -0.3 is 9.30 Å². The van der Waals surface area contributed by atoms with Crippen LogP contribution < -0.4 is 0 Å². The Hall–Kier alpha value is -1.07. The number of nitrogens with zero attached hydrogens (tertiary/aromatic N) is 4. The maximum Gasteiger partial charge on any atom is 0.159 e. The quantitative estimate of drug-likeness (QED) is 0.770. The van der Waals surface area contributed by atoms with Gasteiger partial charge in [-0.15, -0.1) is 11.6 Å². The molecule has 0 aromatic carbocycles. The predicted molar refractivity (Wildman–Crippen MR) is 81.4 cm³/mol. The monoisotopic (exact) mass is 298 g/mol. The lowest BCUT2D eigenvalue weighted by atomic mass is 10.1. The minimum absolute atomic E-state index is 0.258. The maximum atomic E-state index is 5.91. The lowest BCUT2D eigenvalue weighted by Crippen LogP contribution is -2.30. The van der Waals surface area contributed by atoms with Gasteiger partial charge in [0.15, 0.2) is 5.65 Å². The highest BCUT2D eigenvalue weighted by Crippen LogP contribution is 2.23. The number of alkyl halides is 1. The average molecular weight is 299 g/mol. The summed E-state index contributed by atoms with van der Waals surface area (Å²) in [5, 5.41) is 4.55. The summed E-state index contributed by atoms with van der Waals surface area (Å²) in [6.45, 7) is 9.79. The molecule has 20 heavy (non-hydrogen) atoms. The zero-order chi connectivity index (χ0) is 14.9. The zero-order valence-electron chi connectivity index (χ0n) is 12.9. The highest BCUT2D eigenvalue weighted by atomic mass is 35.5. The van der Waals surface area contributed by atoms with Crippen LogP contribution in [0.2, 0.25) is 0 Å². The van der Waals surface area contributed by atoms with Gasteiger partial charge in [0.1, 0.15) is 11.3 Å². The topological polar surface area (TPSA) is 44.9 Å². The molecule has 0 aliphatic rings. The molecule has 0 saturated carbocycles. The summed E-state index contributed by atoms with van der Waals surface area (Å²) < 4.78 is 9.76. The lowest BCUT2D eigenvalue weighted by molar-refractivity contribution is 0.00821. The first-order valence-electron chi connectivity index (χ1n) is 6.97. The summed E-state index contributed by atoms with van der Waals surface area (Å²) in [6, 6.07) is 0. The van der Waals surface area contributed by atoms with Crippen LogP contribution in [0.15, 0.2) is 0 Å². The van der Waals surface area contributed by atoms with E-state index in [1.165, 1.54) is 0 Å². The second-order valence-electron chi connectivity index (χ2n) is 5.59. The zero-order valence-corrected chi connectivity index (χ0v) is 13.7. The minimum Gasteiger partial charge on any atom is -0.377 e. The number of hydrogen-bond acceptors (Lipinski definition) is 3. The van der Waals surface area contributed by atoms with Gasteiger partial charge in [-0.25, -0.2) is 9.67 Å². The van der Waals surface area contributed by atoms with Gasteiger partial charge in [-0.2, -0.15) is 5.10 Å². The molecule has 2 rings (SSSR count). The predicted octanol–water partition coefficient (Wildman–Crippen LogP) is 2.77. The number of rotatable bonds is 6. The molecular formula is C14H23ClN4O. The highest BCUT2D eigenvalue weighted by molar-refractivity contribution is 6.17. The number of aryl methyl sites for hydroxylation is 3. The highest BCUT2D eigenvalue weighted by Gasteiger charge is 2.24. The molecule has 0 fully saturated rings. The molecule has 2 heterocycles. The fourth-order valence-electron chi connectivity index (χ4n) is 2.38. The van der Waals surface area contributed by atoms with Crippen LogP contribution in [0.4, 0.5) is 0 Å². The summed E-state index contributed by atoms with van der Waals surface area (Å²) in [5.74, 6) is 1.56. The van der Waals surface area contributed by atoms with E-state index in [1.54, 1.807) is 7.11 Å². The Labute approximate surface area is 124 Å². The Morgan fingerprint density at radius 1 is 1.35 bits per heavy atom. The Morgan fingerprint density at radius 3 is 2.60 bits per heavy atom. The van der Waals surface area contributed by atoms with E-state index in [0.717, 1.165) is 42.2 Å². The van der Waals surface area contributed by atoms with Gasteiger partial charge in [0.25, 0.3) is 0 Å². The van der Waals surface area contributed by atoms with Crippen LogP contribution in [0.5, 0.6) is 0 Å². The van der Waals surface area contributed by atoms with Crippen LogP contribution in [0.1, 0.15) is 32.3 Å². The fourth-order valence-corrected chi connectivity index (χ4v) is 2.55. The van der Waals surface area contributed by atoms with Gasteiger partial charge in [-0.05, 0) is 27.7 Å². The molecule has 0 amide bonds. The number of methoxy groups -OCH3 is 1. The molecule has 6 heteroatoms. The van der Waals surface area contributed by atoms with Gasteiger partial charge in [0.05, 0.1) is 17.8 Å². The lowest BCUT2D eigenvalue weighted by Gasteiger charge is -2.25. The van der Waals surface area contributed by atoms with Crippen molar-refractivity contribution < 1.29 is 4.74 Å². The van der Waals surface area contributed by atoms with Crippen LogP contribution in [-0.2, 0) is 24.2 Å². The van der Waals surface area contributed by atoms with Crippen molar-refractivity contribution in [3.05, 3.63) is 11.5 Å². The molecule has 0 unspecified atom stereocenters. The molecule has 0 bridgehead atoms. The van der Waals surface area contributed by atoms with E-state index in [9.17, 15) is 0 Å². The van der Waals surface area contributed by atoms with Gasteiger partial charge in [-0.1, -0.05) is 0 Å². The summed E-state index contributed by atoms with van der Waals surface area (Å²) in [6.07, 6.45) is 0.749. The van der Waals surface area contributed by atoms with Crippen LogP contribution in [0, 0.1) is 6.92 Å². The Bertz CT molecular complexity index is 600. The first-order valence-corrected chi connectivity index (χ1v) is 7.50. The third kappa shape index (κ3) is 2.69. The standard InChI is InChI=1S/C14H23ClN4O/c1-6-19-13-12(10(2)17-19)16-11(7-8-15)18(13)9-14(3,4)20-5/h6-9H2,1-5H3. The van der Waals surface area contributed by atoms with Gasteiger partial charge in [0.2, 0.25) is 0 Å². The van der Waals surface area contributed by atoms with Crippen LogP contribution in [-0.4, -0.2) is 37.9 Å². The number of imidazole rings is 1. The second kappa shape index (κ2) is 5.74. The average Bonchev–Trinajstić information content (AvgIpc) is 2.90. The summed E-state index contributed by atoms with van der Waals surface area (Å²) in [7, 11) is 1.73. The molecule has 112 valence electrons. The third-order valence-electron chi connectivity index (χ3n) is 3.59. The number of fused-ring (bicyclic) bond motifs is 1. The van der Waals surface area contributed by atoms with E-state index in [1.807, 2.05) is 11.6 Å². The van der Waals surface area contributed by atoms with E-state index in [4.69, 9.17) is 21.3 Å². The number of ether oxygens (including phenoxy) is 1. The Morgan fingerprint density at radius 2 is 2.05 bits per heavy atom. The van der Waals surface area contributed by atoms with Crippen molar-refractivity contribution in [2.75, 3.05) is 13.0 Å². The van der Waals surface area contributed by atoms with E-state index < -0.39 is 0 Å². The molecule has 0 aliphatic heterocycles. The SMILES string of the molecule is CCn1nc(C)c2nc(CCCl)n(CC(C)(C)OC)c21. The molecule has 0 radical (unpaired) electrons. The molecular weight excluding hydrogens is 276 g/mol. The Kier molecular flexibility index (Phi) is 4.39. The largest absolute Gasteiger partial charge is 0.377 e. The maximum absolute atomic E-state index is 5.91. The molecule has 2 aromatic rings. The normalized spacial score (nSPS) is 12.5. The van der Waals surface area contributed by atoms with Crippen LogP contribution in [0.25, 0.3) is 11.2 Å². The fraction of sp³-hybridized carbons (Fsp3) is 0.714. The summed E-state index contributed by atoms with van der Waals surface area (Å²) >= 11 is 5.91. The van der Waals surface area contributed by atoms with E-state index >= 15 is 0 Å². The van der Waals surface area contributed by atoms with Crippen molar-refractivity contribution >= 4 is 22.8 Å². The minimum atomic E-state index is -0.258. The summed E-state index contributed by atoms with van der Waals surface area (Å²) in [4.78, 5) is 4.73. The number of halogens is 1. The van der Waals surface area contributed by atoms with E-state index in [0.29, 0.717) is 5.88 Å². The van der Waals surface area contributed by atoms with Crippen molar-refractivity contribution in [2.24, 2.45) is 0 Å². The van der Waals surface area contributed by atoms with Crippen molar-refractivity contribution in [1.82, 2.24) is 19.3 Å². The molecule has 0 aliphatic carbocycles. The van der Waals surface area contributed by atoms with Crippen molar-refractivity contribution in [2.45, 2.75) is 52.8 Å². The molecule has 0 saturated heterocycles. The van der Waals surface area contributed by atoms with Crippen LogP contribution in [0.3, 0.4) is 0 Å². The molecule has 2 aromatic heterocycles. The molecule has 0 spiro atoms. The molecule has 0 atom stereocenters. The smallest absolute Gasteiger partial charge is 0.159 e. The first-order chi connectivity index (χ1) is 9.43. The third-order valence-corrected chi connectivity index (χ3v) is 3.78. The van der Waals surface area contributed by atoms with Gasteiger partial charge in [-0.3, -0.25) is 0 Å². The first kappa shape index (κ1) is 15.3. The second-order valence-corrected chi connectivity index (χ2v) is 5.97. The molecule has 5 nitrogen and oxygen atoms in total. The number of aromatic nitrogens is 4.